The fourth-order valence-corrected chi connectivity index (χ4v) is 2.20. The Morgan fingerprint density at radius 1 is 1.24 bits per heavy atom. The molecule has 0 aromatic carbocycles. The number of nitrogens with zero attached hydrogens (tertiary/aromatic N) is 3. The zero-order valence-corrected chi connectivity index (χ0v) is 11.2. The zero-order valence-electron chi connectivity index (χ0n) is 10.4. The van der Waals surface area contributed by atoms with Gasteiger partial charge in [0.25, 0.3) is 0 Å². The molecule has 4 heteroatoms. The van der Waals surface area contributed by atoms with E-state index < -0.39 is 0 Å². The molecular weight excluding hydrogens is 234 g/mol. The van der Waals surface area contributed by atoms with Gasteiger partial charge in [-0.15, -0.1) is 11.6 Å². The van der Waals surface area contributed by atoms with E-state index in [-0.39, 0.29) is 0 Å². The molecule has 17 heavy (non-hydrogen) atoms. The summed E-state index contributed by atoms with van der Waals surface area (Å²) >= 11 is 5.95. The Kier molecular flexibility index (Phi) is 4.00. The van der Waals surface area contributed by atoms with Gasteiger partial charge in [0.15, 0.2) is 5.65 Å². The lowest BCUT2D eigenvalue weighted by molar-refractivity contribution is 0.597. The molecule has 0 N–H and O–H groups in total. The number of imidazole rings is 1. The molecule has 0 spiro atoms. The topological polar surface area (TPSA) is 30.7 Å². The SMILES string of the molecule is CCCCCn1c(CCl)nc2ccc(C)nc21. The van der Waals surface area contributed by atoms with Crippen molar-refractivity contribution in [3.8, 4) is 0 Å². The molecule has 0 aliphatic heterocycles. The Hall–Kier alpha value is -1.09. The predicted octanol–water partition coefficient (Wildman–Crippen LogP) is 3.67. The second-order valence-electron chi connectivity index (χ2n) is 4.32. The highest BCUT2D eigenvalue weighted by molar-refractivity contribution is 6.16. The van der Waals surface area contributed by atoms with Crippen molar-refractivity contribution in [3.05, 3.63) is 23.7 Å². The minimum atomic E-state index is 0.446. The molecule has 0 bridgehead atoms. The number of fused-ring (bicyclic) bond motifs is 1. The monoisotopic (exact) mass is 251 g/mol. The van der Waals surface area contributed by atoms with Crippen molar-refractivity contribution in [3.63, 3.8) is 0 Å². The molecule has 0 radical (unpaired) electrons. The van der Waals surface area contributed by atoms with Crippen LogP contribution in [0, 0.1) is 6.92 Å². The summed E-state index contributed by atoms with van der Waals surface area (Å²) in [6.07, 6.45) is 3.60. The smallest absolute Gasteiger partial charge is 0.160 e. The predicted molar refractivity (Wildman–Crippen MR) is 71.3 cm³/mol. The maximum absolute atomic E-state index is 5.95. The normalized spacial score (nSPS) is 11.2. The highest BCUT2D eigenvalue weighted by Crippen LogP contribution is 2.17. The van der Waals surface area contributed by atoms with Crippen molar-refractivity contribution >= 4 is 22.8 Å². The number of aryl methyl sites for hydroxylation is 2. The van der Waals surface area contributed by atoms with E-state index in [0.717, 1.165) is 35.6 Å². The molecule has 0 aliphatic rings. The molecule has 0 aliphatic carbocycles. The van der Waals surface area contributed by atoms with Crippen molar-refractivity contribution in [2.45, 2.75) is 45.5 Å². The molecule has 0 fully saturated rings. The van der Waals surface area contributed by atoms with Gasteiger partial charge in [0, 0.05) is 12.2 Å². The minimum Gasteiger partial charge on any atom is -0.312 e. The number of alkyl halides is 1. The van der Waals surface area contributed by atoms with Crippen LogP contribution in [0.5, 0.6) is 0 Å². The summed E-state index contributed by atoms with van der Waals surface area (Å²) in [5, 5.41) is 0. The van der Waals surface area contributed by atoms with Gasteiger partial charge in [-0.05, 0) is 25.5 Å². The van der Waals surface area contributed by atoms with E-state index in [1.54, 1.807) is 0 Å². The van der Waals surface area contributed by atoms with E-state index in [1.807, 2.05) is 19.1 Å². The molecular formula is C13H18ClN3. The number of hydrogen-bond donors (Lipinski definition) is 0. The molecule has 2 rings (SSSR count). The summed E-state index contributed by atoms with van der Waals surface area (Å²) < 4.78 is 2.16. The Morgan fingerprint density at radius 2 is 2.06 bits per heavy atom. The number of rotatable bonds is 5. The number of halogens is 1. The maximum Gasteiger partial charge on any atom is 0.160 e. The Bertz CT molecular complexity index is 505. The van der Waals surface area contributed by atoms with Crippen LogP contribution in [-0.2, 0) is 12.4 Å². The van der Waals surface area contributed by atoms with Crippen LogP contribution < -0.4 is 0 Å². The fraction of sp³-hybridized carbons (Fsp3) is 0.538. The second-order valence-corrected chi connectivity index (χ2v) is 4.58. The maximum atomic E-state index is 5.95. The van der Waals surface area contributed by atoms with Crippen LogP contribution in [-0.4, -0.2) is 14.5 Å². The average molecular weight is 252 g/mol. The second kappa shape index (κ2) is 5.50. The quantitative estimate of drug-likeness (QED) is 0.600. The molecule has 0 saturated heterocycles. The minimum absolute atomic E-state index is 0.446. The van der Waals surface area contributed by atoms with Crippen LogP contribution in [0.3, 0.4) is 0 Å². The molecule has 0 atom stereocenters. The van der Waals surface area contributed by atoms with Gasteiger partial charge in [0.1, 0.15) is 11.3 Å². The molecule has 2 heterocycles. The van der Waals surface area contributed by atoms with Gasteiger partial charge in [0.2, 0.25) is 0 Å². The molecule has 0 amide bonds. The fourth-order valence-electron chi connectivity index (χ4n) is 2.00. The van der Waals surface area contributed by atoms with E-state index >= 15 is 0 Å². The van der Waals surface area contributed by atoms with E-state index in [4.69, 9.17) is 11.6 Å². The first-order chi connectivity index (χ1) is 8.26. The molecule has 0 unspecified atom stereocenters. The summed E-state index contributed by atoms with van der Waals surface area (Å²) in [4.78, 5) is 9.08. The van der Waals surface area contributed by atoms with Gasteiger partial charge in [-0.25, -0.2) is 9.97 Å². The van der Waals surface area contributed by atoms with Gasteiger partial charge >= 0.3 is 0 Å². The van der Waals surface area contributed by atoms with Crippen LogP contribution in [0.15, 0.2) is 12.1 Å². The summed E-state index contributed by atoms with van der Waals surface area (Å²) in [7, 11) is 0. The molecule has 2 aromatic heterocycles. The van der Waals surface area contributed by atoms with Crippen LogP contribution in [0.25, 0.3) is 11.2 Å². The Labute approximate surface area is 107 Å². The first-order valence-electron chi connectivity index (χ1n) is 6.15. The summed E-state index contributed by atoms with van der Waals surface area (Å²) in [6.45, 7) is 5.17. The third kappa shape index (κ3) is 2.60. The average Bonchev–Trinajstić information content (AvgIpc) is 2.67. The highest BCUT2D eigenvalue weighted by atomic mass is 35.5. The van der Waals surface area contributed by atoms with E-state index in [2.05, 4.69) is 21.5 Å². The standard InChI is InChI=1S/C13H18ClN3/c1-3-4-5-8-17-12(9-14)16-11-7-6-10(2)15-13(11)17/h6-7H,3-5,8-9H2,1-2H3. The molecule has 3 nitrogen and oxygen atoms in total. The summed E-state index contributed by atoms with van der Waals surface area (Å²) in [6, 6.07) is 4.01. The van der Waals surface area contributed by atoms with Gasteiger partial charge < -0.3 is 4.57 Å². The van der Waals surface area contributed by atoms with E-state index in [9.17, 15) is 0 Å². The zero-order chi connectivity index (χ0) is 12.3. The van der Waals surface area contributed by atoms with Gasteiger partial charge in [-0.3, -0.25) is 0 Å². The number of aromatic nitrogens is 3. The summed E-state index contributed by atoms with van der Waals surface area (Å²) in [5.74, 6) is 1.37. The lowest BCUT2D eigenvalue weighted by Gasteiger charge is -2.06. The van der Waals surface area contributed by atoms with Crippen LogP contribution in [0.1, 0.15) is 37.7 Å². The van der Waals surface area contributed by atoms with Crippen LogP contribution in [0.4, 0.5) is 0 Å². The van der Waals surface area contributed by atoms with Gasteiger partial charge in [0.05, 0.1) is 5.88 Å². The number of hydrogen-bond acceptors (Lipinski definition) is 2. The van der Waals surface area contributed by atoms with Crippen molar-refractivity contribution in [2.75, 3.05) is 0 Å². The van der Waals surface area contributed by atoms with Crippen LogP contribution in [0.2, 0.25) is 0 Å². The third-order valence-corrected chi connectivity index (χ3v) is 3.15. The lowest BCUT2D eigenvalue weighted by atomic mass is 10.2. The Balaban J connectivity index is 2.38. The highest BCUT2D eigenvalue weighted by Gasteiger charge is 2.10. The number of pyridine rings is 1. The van der Waals surface area contributed by atoms with Crippen LogP contribution >= 0.6 is 11.6 Å². The third-order valence-electron chi connectivity index (χ3n) is 2.92. The number of unbranched alkanes of at least 4 members (excludes halogenated alkanes) is 2. The first kappa shape index (κ1) is 12.4. The van der Waals surface area contributed by atoms with Gasteiger partial charge in [-0.2, -0.15) is 0 Å². The first-order valence-corrected chi connectivity index (χ1v) is 6.68. The van der Waals surface area contributed by atoms with Crippen molar-refractivity contribution in [1.29, 1.82) is 0 Å². The summed E-state index contributed by atoms with van der Waals surface area (Å²) in [5.41, 5.74) is 2.94. The Morgan fingerprint density at radius 3 is 2.76 bits per heavy atom. The lowest BCUT2D eigenvalue weighted by Crippen LogP contribution is -2.03. The molecule has 92 valence electrons. The molecule has 2 aromatic rings. The molecule has 0 saturated carbocycles. The van der Waals surface area contributed by atoms with E-state index in [0.29, 0.717) is 5.88 Å². The van der Waals surface area contributed by atoms with Crippen molar-refractivity contribution < 1.29 is 0 Å². The van der Waals surface area contributed by atoms with Gasteiger partial charge in [-0.1, -0.05) is 19.8 Å². The largest absolute Gasteiger partial charge is 0.312 e. The van der Waals surface area contributed by atoms with Crippen molar-refractivity contribution in [2.24, 2.45) is 0 Å². The van der Waals surface area contributed by atoms with Crippen molar-refractivity contribution in [1.82, 2.24) is 14.5 Å². The van der Waals surface area contributed by atoms with E-state index in [1.165, 1.54) is 12.8 Å².